The number of aliphatic hydroxyl groups excluding tert-OH is 1. The first-order valence-corrected chi connectivity index (χ1v) is 7.28. The third kappa shape index (κ3) is 5.60. The molecule has 0 heterocycles. The van der Waals surface area contributed by atoms with Crippen molar-refractivity contribution in [3.63, 3.8) is 0 Å². The maximum Gasteiger partial charge on any atom is 0.319 e. The van der Waals surface area contributed by atoms with Gasteiger partial charge in [-0.1, -0.05) is 6.07 Å². The fraction of sp³-hybridized carbons (Fsp3) is 0.235. The van der Waals surface area contributed by atoms with Gasteiger partial charge in [-0.25, -0.2) is 9.18 Å². The van der Waals surface area contributed by atoms with Crippen molar-refractivity contribution >= 4 is 11.7 Å². The van der Waals surface area contributed by atoms with E-state index in [0.717, 1.165) is 0 Å². The summed E-state index contributed by atoms with van der Waals surface area (Å²) < 4.78 is 18.6. The fourth-order valence-corrected chi connectivity index (χ4v) is 1.93. The highest BCUT2D eigenvalue weighted by atomic mass is 19.1. The van der Waals surface area contributed by atoms with Gasteiger partial charge in [-0.2, -0.15) is 0 Å². The molecule has 0 aliphatic rings. The van der Waals surface area contributed by atoms with E-state index < -0.39 is 0 Å². The molecular weight excluding hydrogens is 299 g/mol. The van der Waals surface area contributed by atoms with Crippen LogP contribution in [-0.4, -0.2) is 23.8 Å². The van der Waals surface area contributed by atoms with Crippen LogP contribution in [0.25, 0.3) is 0 Å². The van der Waals surface area contributed by atoms with Crippen LogP contribution in [0.3, 0.4) is 0 Å². The Morgan fingerprint density at radius 2 is 1.96 bits per heavy atom. The van der Waals surface area contributed by atoms with Crippen molar-refractivity contribution in [1.82, 2.24) is 5.32 Å². The van der Waals surface area contributed by atoms with Crippen molar-refractivity contribution in [1.29, 1.82) is 0 Å². The smallest absolute Gasteiger partial charge is 0.319 e. The number of carbonyl (C=O) groups is 1. The summed E-state index contributed by atoms with van der Waals surface area (Å²) in [7, 11) is 0. The lowest BCUT2D eigenvalue weighted by Gasteiger charge is -2.13. The van der Waals surface area contributed by atoms with Crippen molar-refractivity contribution < 1.29 is 19.0 Å². The molecule has 6 heteroatoms. The third-order valence-corrected chi connectivity index (χ3v) is 3.08. The lowest BCUT2D eigenvalue weighted by atomic mass is 10.2. The van der Waals surface area contributed by atoms with E-state index in [1.54, 1.807) is 36.4 Å². The number of anilines is 1. The summed E-state index contributed by atoms with van der Waals surface area (Å²) in [4.78, 5) is 11.7. The van der Waals surface area contributed by atoms with Crippen LogP contribution in [0.5, 0.6) is 11.5 Å². The molecule has 0 unspecified atom stereocenters. The minimum Gasteiger partial charge on any atom is -0.457 e. The van der Waals surface area contributed by atoms with E-state index in [2.05, 4.69) is 10.6 Å². The Labute approximate surface area is 134 Å². The van der Waals surface area contributed by atoms with Gasteiger partial charge in [-0.3, -0.25) is 0 Å². The molecule has 0 bridgehead atoms. The highest BCUT2D eigenvalue weighted by Crippen LogP contribution is 2.23. The number of nitrogens with one attached hydrogen (secondary N) is 2. The van der Waals surface area contributed by atoms with Gasteiger partial charge in [0.25, 0.3) is 0 Å². The summed E-state index contributed by atoms with van der Waals surface area (Å²) in [6.07, 6.45) is 0.494. The Balaban J connectivity index is 1.90. The van der Waals surface area contributed by atoms with Crippen LogP contribution in [0, 0.1) is 5.82 Å². The van der Waals surface area contributed by atoms with Gasteiger partial charge in [0, 0.05) is 24.4 Å². The molecule has 0 fully saturated rings. The molecular formula is C17H19FN2O3. The molecule has 1 atom stereocenters. The highest BCUT2D eigenvalue weighted by Gasteiger charge is 2.07. The van der Waals surface area contributed by atoms with Crippen LogP contribution in [-0.2, 0) is 0 Å². The number of amides is 2. The Morgan fingerprint density at radius 1 is 1.22 bits per heavy atom. The number of urea groups is 1. The third-order valence-electron chi connectivity index (χ3n) is 3.08. The molecule has 122 valence electrons. The van der Waals surface area contributed by atoms with Crippen molar-refractivity contribution in [2.24, 2.45) is 0 Å². The largest absolute Gasteiger partial charge is 0.457 e. The number of aliphatic hydroxyl groups is 1. The van der Waals surface area contributed by atoms with Crippen LogP contribution in [0.1, 0.15) is 13.3 Å². The number of hydrogen-bond acceptors (Lipinski definition) is 3. The first kappa shape index (κ1) is 16.8. The monoisotopic (exact) mass is 318 g/mol. The second-order valence-electron chi connectivity index (χ2n) is 5.10. The summed E-state index contributed by atoms with van der Waals surface area (Å²) in [5.74, 6) is 0.575. The zero-order valence-corrected chi connectivity index (χ0v) is 12.8. The van der Waals surface area contributed by atoms with Gasteiger partial charge in [0.2, 0.25) is 0 Å². The summed E-state index contributed by atoms with van der Waals surface area (Å²) in [5, 5.41) is 14.2. The van der Waals surface area contributed by atoms with Gasteiger partial charge in [-0.15, -0.1) is 0 Å². The molecule has 0 aliphatic carbocycles. The van der Waals surface area contributed by atoms with Crippen LogP contribution in [0.4, 0.5) is 14.9 Å². The molecule has 3 N–H and O–H groups in total. The van der Waals surface area contributed by atoms with Gasteiger partial charge >= 0.3 is 6.03 Å². The Kier molecular flexibility index (Phi) is 5.94. The fourth-order valence-electron chi connectivity index (χ4n) is 1.93. The number of rotatable bonds is 6. The highest BCUT2D eigenvalue weighted by molar-refractivity contribution is 5.89. The van der Waals surface area contributed by atoms with E-state index in [1.165, 1.54) is 12.1 Å². The van der Waals surface area contributed by atoms with E-state index in [-0.39, 0.29) is 24.5 Å². The number of hydrogen-bond donors (Lipinski definition) is 3. The average Bonchev–Trinajstić information content (AvgIpc) is 2.49. The molecule has 0 aromatic heterocycles. The zero-order chi connectivity index (χ0) is 16.7. The molecule has 5 nitrogen and oxygen atoms in total. The summed E-state index contributed by atoms with van der Waals surface area (Å²) in [5.41, 5.74) is 0.602. The quantitative estimate of drug-likeness (QED) is 0.763. The Hall–Kier alpha value is -2.60. The SMILES string of the molecule is C[C@H](CCO)NC(=O)Nc1ccc(Oc2cccc(F)c2)cc1. The van der Waals surface area contributed by atoms with Crippen molar-refractivity contribution in [2.45, 2.75) is 19.4 Å². The van der Waals surface area contributed by atoms with E-state index in [4.69, 9.17) is 9.84 Å². The van der Waals surface area contributed by atoms with Gasteiger partial charge in [0.05, 0.1) is 0 Å². The Morgan fingerprint density at radius 3 is 2.61 bits per heavy atom. The Bertz CT molecular complexity index is 647. The van der Waals surface area contributed by atoms with Crippen LogP contribution in [0.2, 0.25) is 0 Å². The molecule has 2 aromatic carbocycles. The average molecular weight is 318 g/mol. The van der Waals surface area contributed by atoms with Crippen molar-refractivity contribution in [3.05, 3.63) is 54.3 Å². The summed E-state index contributed by atoms with van der Waals surface area (Å²) >= 11 is 0. The molecule has 0 saturated carbocycles. The van der Waals surface area contributed by atoms with Crippen LogP contribution < -0.4 is 15.4 Å². The number of benzene rings is 2. The van der Waals surface area contributed by atoms with E-state index in [9.17, 15) is 9.18 Å². The minimum atomic E-state index is -0.366. The molecule has 2 aromatic rings. The van der Waals surface area contributed by atoms with E-state index >= 15 is 0 Å². The second-order valence-corrected chi connectivity index (χ2v) is 5.10. The van der Waals surface area contributed by atoms with Gasteiger partial charge < -0.3 is 20.5 Å². The number of ether oxygens (including phenoxy) is 1. The van der Waals surface area contributed by atoms with Gasteiger partial charge in [0.1, 0.15) is 17.3 Å². The van der Waals surface area contributed by atoms with Crippen molar-refractivity contribution in [2.75, 3.05) is 11.9 Å². The predicted molar refractivity (Wildman–Crippen MR) is 86.2 cm³/mol. The zero-order valence-electron chi connectivity index (χ0n) is 12.8. The van der Waals surface area contributed by atoms with Crippen LogP contribution >= 0.6 is 0 Å². The normalized spacial score (nSPS) is 11.6. The predicted octanol–water partition coefficient (Wildman–Crippen LogP) is 3.51. The molecule has 0 saturated heterocycles. The number of halogens is 1. The summed E-state index contributed by atoms with van der Waals surface area (Å²) in [6, 6.07) is 12.1. The van der Waals surface area contributed by atoms with E-state index in [1.807, 2.05) is 6.92 Å². The molecule has 0 spiro atoms. The first-order chi connectivity index (χ1) is 11.1. The maximum atomic E-state index is 13.1. The molecule has 23 heavy (non-hydrogen) atoms. The molecule has 0 aliphatic heterocycles. The molecule has 2 rings (SSSR count). The summed E-state index contributed by atoms with van der Waals surface area (Å²) in [6.45, 7) is 1.83. The van der Waals surface area contributed by atoms with Gasteiger partial charge in [0.15, 0.2) is 0 Å². The van der Waals surface area contributed by atoms with Crippen LogP contribution in [0.15, 0.2) is 48.5 Å². The maximum absolute atomic E-state index is 13.1. The van der Waals surface area contributed by atoms with E-state index in [0.29, 0.717) is 23.6 Å². The standard InChI is InChI=1S/C17H19FN2O3/c1-12(9-10-21)19-17(22)20-14-5-7-15(8-6-14)23-16-4-2-3-13(18)11-16/h2-8,11-12,21H,9-10H2,1H3,(H2,19,20,22)/t12-/m1/s1. The molecule has 2 amide bonds. The van der Waals surface area contributed by atoms with Crippen molar-refractivity contribution in [3.8, 4) is 11.5 Å². The molecule has 0 radical (unpaired) electrons. The van der Waals surface area contributed by atoms with Gasteiger partial charge in [-0.05, 0) is 49.7 Å². The lowest BCUT2D eigenvalue weighted by molar-refractivity contribution is 0.241. The second kappa shape index (κ2) is 8.14. The minimum absolute atomic E-state index is 0.0214. The topological polar surface area (TPSA) is 70.6 Å². The first-order valence-electron chi connectivity index (χ1n) is 7.28. The lowest BCUT2D eigenvalue weighted by Crippen LogP contribution is -2.36. The number of carbonyl (C=O) groups excluding carboxylic acids is 1.